The van der Waals surface area contributed by atoms with Crippen LogP contribution in [-0.2, 0) is 4.74 Å². The summed E-state index contributed by atoms with van der Waals surface area (Å²) in [5.41, 5.74) is 1.53. The Bertz CT molecular complexity index is 146. The SMILES string of the molecule is CNCCCC(OC)=C1CC1. The molecular weight excluding hydrogens is 138 g/mol. The van der Waals surface area contributed by atoms with Crippen molar-refractivity contribution in [3.05, 3.63) is 11.3 Å². The molecule has 0 atom stereocenters. The van der Waals surface area contributed by atoms with Crippen molar-refractivity contribution in [3.63, 3.8) is 0 Å². The van der Waals surface area contributed by atoms with E-state index in [4.69, 9.17) is 4.74 Å². The molecule has 1 N–H and O–H groups in total. The summed E-state index contributed by atoms with van der Waals surface area (Å²) in [7, 11) is 3.76. The molecule has 2 heteroatoms. The van der Waals surface area contributed by atoms with Gasteiger partial charge in [0.1, 0.15) is 0 Å². The van der Waals surface area contributed by atoms with E-state index in [0.29, 0.717) is 0 Å². The summed E-state index contributed by atoms with van der Waals surface area (Å²) in [5.74, 6) is 1.24. The second-order valence-electron chi connectivity index (χ2n) is 2.94. The summed E-state index contributed by atoms with van der Waals surface area (Å²) in [6.07, 6.45) is 4.82. The van der Waals surface area contributed by atoms with Crippen LogP contribution in [-0.4, -0.2) is 20.7 Å². The maximum Gasteiger partial charge on any atom is 0.0948 e. The van der Waals surface area contributed by atoms with Gasteiger partial charge in [-0.05, 0) is 38.4 Å². The average Bonchev–Trinajstić information content (AvgIpc) is 2.81. The van der Waals surface area contributed by atoms with Crippen molar-refractivity contribution < 1.29 is 4.74 Å². The zero-order valence-corrected chi connectivity index (χ0v) is 7.44. The van der Waals surface area contributed by atoms with Crippen LogP contribution in [0.5, 0.6) is 0 Å². The number of allylic oxidation sites excluding steroid dienone is 2. The van der Waals surface area contributed by atoms with Crippen molar-refractivity contribution in [2.24, 2.45) is 0 Å². The van der Waals surface area contributed by atoms with E-state index in [2.05, 4.69) is 5.32 Å². The Kier molecular flexibility index (Phi) is 3.43. The van der Waals surface area contributed by atoms with E-state index in [1.165, 1.54) is 30.6 Å². The highest BCUT2D eigenvalue weighted by Crippen LogP contribution is 2.33. The van der Waals surface area contributed by atoms with Crippen LogP contribution in [0, 0.1) is 0 Å². The molecule has 1 aliphatic rings. The minimum absolute atomic E-state index is 1.08. The number of hydrogen-bond acceptors (Lipinski definition) is 2. The highest BCUT2D eigenvalue weighted by atomic mass is 16.5. The van der Waals surface area contributed by atoms with Gasteiger partial charge in [-0.2, -0.15) is 0 Å². The molecule has 0 spiro atoms. The lowest BCUT2D eigenvalue weighted by atomic mass is 10.2. The average molecular weight is 155 g/mol. The predicted octanol–water partition coefficient (Wildman–Crippen LogP) is 1.68. The Morgan fingerprint density at radius 2 is 2.27 bits per heavy atom. The first-order valence-corrected chi connectivity index (χ1v) is 4.28. The summed E-state index contributed by atoms with van der Waals surface area (Å²) in [4.78, 5) is 0. The molecule has 0 heterocycles. The monoisotopic (exact) mass is 155 g/mol. The van der Waals surface area contributed by atoms with Gasteiger partial charge in [0.05, 0.1) is 12.9 Å². The van der Waals surface area contributed by atoms with Gasteiger partial charge in [0.15, 0.2) is 0 Å². The molecule has 2 nitrogen and oxygen atoms in total. The summed E-state index contributed by atoms with van der Waals surface area (Å²) < 4.78 is 5.27. The Labute approximate surface area is 68.6 Å². The summed E-state index contributed by atoms with van der Waals surface area (Å²) in [5, 5.41) is 3.13. The molecule has 1 rings (SSSR count). The second kappa shape index (κ2) is 4.39. The van der Waals surface area contributed by atoms with Gasteiger partial charge < -0.3 is 10.1 Å². The van der Waals surface area contributed by atoms with E-state index in [9.17, 15) is 0 Å². The maximum absolute atomic E-state index is 5.27. The fraction of sp³-hybridized carbons (Fsp3) is 0.778. The highest BCUT2D eigenvalue weighted by Gasteiger charge is 2.17. The molecular formula is C9H17NO. The van der Waals surface area contributed by atoms with Crippen molar-refractivity contribution in [3.8, 4) is 0 Å². The van der Waals surface area contributed by atoms with Gasteiger partial charge in [0.25, 0.3) is 0 Å². The molecule has 1 saturated carbocycles. The van der Waals surface area contributed by atoms with Gasteiger partial charge in [-0.25, -0.2) is 0 Å². The fourth-order valence-corrected chi connectivity index (χ4v) is 1.19. The molecule has 0 unspecified atom stereocenters. The van der Waals surface area contributed by atoms with E-state index in [1.807, 2.05) is 7.05 Å². The Balaban J connectivity index is 2.17. The Hall–Kier alpha value is -0.500. The fourth-order valence-electron chi connectivity index (χ4n) is 1.19. The lowest BCUT2D eigenvalue weighted by Gasteiger charge is -2.04. The third-order valence-corrected chi connectivity index (χ3v) is 1.97. The standard InChI is InChI=1S/C9H17NO/c1-10-7-3-4-9(11-2)8-5-6-8/h10H,3-7H2,1-2H3. The van der Waals surface area contributed by atoms with Crippen LogP contribution in [0.4, 0.5) is 0 Å². The van der Waals surface area contributed by atoms with Crippen LogP contribution >= 0.6 is 0 Å². The van der Waals surface area contributed by atoms with E-state index in [1.54, 1.807) is 7.11 Å². The third kappa shape index (κ3) is 2.93. The number of methoxy groups -OCH3 is 1. The summed E-state index contributed by atoms with van der Waals surface area (Å²) in [6, 6.07) is 0. The molecule has 0 saturated heterocycles. The molecule has 1 fully saturated rings. The van der Waals surface area contributed by atoms with Gasteiger partial charge in [-0.1, -0.05) is 0 Å². The lowest BCUT2D eigenvalue weighted by molar-refractivity contribution is 0.272. The molecule has 11 heavy (non-hydrogen) atoms. The van der Waals surface area contributed by atoms with Gasteiger partial charge >= 0.3 is 0 Å². The minimum atomic E-state index is 1.08. The quantitative estimate of drug-likeness (QED) is 0.482. The van der Waals surface area contributed by atoms with Crippen molar-refractivity contribution in [1.29, 1.82) is 0 Å². The minimum Gasteiger partial charge on any atom is -0.501 e. The van der Waals surface area contributed by atoms with Gasteiger partial charge in [-0.15, -0.1) is 0 Å². The zero-order chi connectivity index (χ0) is 8.10. The number of rotatable bonds is 5. The van der Waals surface area contributed by atoms with Crippen molar-refractivity contribution in [2.75, 3.05) is 20.7 Å². The topological polar surface area (TPSA) is 21.3 Å². The van der Waals surface area contributed by atoms with E-state index in [-0.39, 0.29) is 0 Å². The van der Waals surface area contributed by atoms with Crippen LogP contribution < -0.4 is 5.32 Å². The van der Waals surface area contributed by atoms with Crippen LogP contribution in [0.1, 0.15) is 25.7 Å². The molecule has 0 bridgehead atoms. The first kappa shape index (κ1) is 8.60. The first-order chi connectivity index (χ1) is 5.38. The molecule has 0 radical (unpaired) electrons. The number of nitrogens with one attached hydrogen (secondary N) is 1. The summed E-state index contributed by atoms with van der Waals surface area (Å²) >= 11 is 0. The van der Waals surface area contributed by atoms with Crippen molar-refractivity contribution in [1.82, 2.24) is 5.32 Å². The zero-order valence-electron chi connectivity index (χ0n) is 7.44. The molecule has 0 aliphatic heterocycles. The van der Waals surface area contributed by atoms with Crippen molar-refractivity contribution in [2.45, 2.75) is 25.7 Å². The molecule has 64 valence electrons. The smallest absolute Gasteiger partial charge is 0.0948 e. The normalized spacial score (nSPS) is 14.9. The largest absolute Gasteiger partial charge is 0.501 e. The van der Waals surface area contributed by atoms with Crippen LogP contribution in [0.25, 0.3) is 0 Å². The van der Waals surface area contributed by atoms with Crippen LogP contribution in [0.3, 0.4) is 0 Å². The van der Waals surface area contributed by atoms with Crippen LogP contribution in [0.15, 0.2) is 11.3 Å². The molecule has 0 aromatic heterocycles. The highest BCUT2D eigenvalue weighted by molar-refractivity contribution is 5.21. The molecule has 1 aliphatic carbocycles. The van der Waals surface area contributed by atoms with E-state index in [0.717, 1.165) is 13.0 Å². The van der Waals surface area contributed by atoms with Gasteiger partial charge in [0.2, 0.25) is 0 Å². The third-order valence-electron chi connectivity index (χ3n) is 1.97. The Morgan fingerprint density at radius 3 is 2.73 bits per heavy atom. The number of hydrogen-bond donors (Lipinski definition) is 1. The molecule has 0 aromatic carbocycles. The molecule has 0 aromatic rings. The van der Waals surface area contributed by atoms with Crippen molar-refractivity contribution >= 4 is 0 Å². The van der Waals surface area contributed by atoms with Crippen LogP contribution in [0.2, 0.25) is 0 Å². The summed E-state index contributed by atoms with van der Waals surface area (Å²) in [6.45, 7) is 1.08. The predicted molar refractivity (Wildman–Crippen MR) is 46.4 cm³/mol. The Morgan fingerprint density at radius 1 is 1.55 bits per heavy atom. The lowest BCUT2D eigenvalue weighted by Crippen LogP contribution is -2.07. The first-order valence-electron chi connectivity index (χ1n) is 4.28. The van der Waals surface area contributed by atoms with Gasteiger partial charge in [-0.3, -0.25) is 0 Å². The maximum atomic E-state index is 5.27. The van der Waals surface area contributed by atoms with E-state index >= 15 is 0 Å². The second-order valence-corrected chi connectivity index (χ2v) is 2.94. The van der Waals surface area contributed by atoms with E-state index < -0.39 is 0 Å². The number of ether oxygens (including phenoxy) is 1. The van der Waals surface area contributed by atoms with Gasteiger partial charge in [0, 0.05) is 6.42 Å². The molecule has 0 amide bonds.